The summed E-state index contributed by atoms with van der Waals surface area (Å²) >= 11 is 0. The fourth-order valence-electron chi connectivity index (χ4n) is 3.26. The van der Waals surface area contributed by atoms with Crippen LogP contribution in [0.3, 0.4) is 0 Å². The molecule has 3 nitrogen and oxygen atoms in total. The smallest absolute Gasteiger partial charge is 0.224 e. The van der Waals surface area contributed by atoms with E-state index in [-0.39, 0.29) is 29.1 Å². The number of amides is 1. The molecular formula is C18H27FN2O. The summed E-state index contributed by atoms with van der Waals surface area (Å²) in [6.45, 7) is 4.31. The predicted molar refractivity (Wildman–Crippen MR) is 87.0 cm³/mol. The van der Waals surface area contributed by atoms with Crippen molar-refractivity contribution in [2.24, 2.45) is 11.7 Å². The van der Waals surface area contributed by atoms with Crippen LogP contribution in [0.15, 0.2) is 24.3 Å². The zero-order valence-electron chi connectivity index (χ0n) is 13.6. The molecule has 0 bridgehead atoms. The van der Waals surface area contributed by atoms with E-state index in [1.807, 2.05) is 26.0 Å². The maximum absolute atomic E-state index is 13.2. The van der Waals surface area contributed by atoms with E-state index in [1.165, 1.54) is 18.6 Å². The number of nitrogens with one attached hydrogen (secondary N) is 1. The van der Waals surface area contributed by atoms with E-state index in [0.29, 0.717) is 6.54 Å². The van der Waals surface area contributed by atoms with E-state index in [2.05, 4.69) is 5.32 Å². The second kappa shape index (κ2) is 7.23. The molecule has 0 spiro atoms. The van der Waals surface area contributed by atoms with Gasteiger partial charge in [-0.2, -0.15) is 0 Å². The standard InChI is InChI=1S/C18H27FN2O/c1-13(14(2)20)17(22)21-12-18(10-4-3-5-11-18)15-6-8-16(19)9-7-15/h6-9,13-14H,3-5,10-12,20H2,1-2H3,(H,21,22). The van der Waals surface area contributed by atoms with Crippen LogP contribution in [0.2, 0.25) is 0 Å². The van der Waals surface area contributed by atoms with Crippen LogP contribution in [0.25, 0.3) is 0 Å². The van der Waals surface area contributed by atoms with Crippen LogP contribution in [0.1, 0.15) is 51.5 Å². The Bertz CT molecular complexity index is 492. The summed E-state index contributed by atoms with van der Waals surface area (Å²) in [5.74, 6) is -0.416. The third-order valence-electron chi connectivity index (χ3n) is 5.07. The van der Waals surface area contributed by atoms with Crippen molar-refractivity contribution >= 4 is 5.91 Å². The van der Waals surface area contributed by atoms with Crippen LogP contribution in [-0.2, 0) is 10.2 Å². The van der Waals surface area contributed by atoms with Gasteiger partial charge < -0.3 is 11.1 Å². The fraction of sp³-hybridized carbons (Fsp3) is 0.611. The van der Waals surface area contributed by atoms with Crippen molar-refractivity contribution in [3.8, 4) is 0 Å². The molecule has 2 atom stereocenters. The number of carbonyl (C=O) groups is 1. The summed E-state index contributed by atoms with van der Waals surface area (Å²) in [6.07, 6.45) is 5.59. The lowest BCUT2D eigenvalue weighted by atomic mass is 9.69. The zero-order chi connectivity index (χ0) is 16.2. The molecule has 1 aromatic carbocycles. The van der Waals surface area contributed by atoms with E-state index >= 15 is 0 Å². The van der Waals surface area contributed by atoms with Gasteiger partial charge in [-0.15, -0.1) is 0 Å². The van der Waals surface area contributed by atoms with Crippen molar-refractivity contribution < 1.29 is 9.18 Å². The van der Waals surface area contributed by atoms with Gasteiger partial charge in [-0.3, -0.25) is 4.79 Å². The maximum atomic E-state index is 13.2. The van der Waals surface area contributed by atoms with Gasteiger partial charge in [-0.25, -0.2) is 4.39 Å². The monoisotopic (exact) mass is 306 g/mol. The van der Waals surface area contributed by atoms with Crippen LogP contribution in [0.5, 0.6) is 0 Å². The number of halogens is 1. The first-order chi connectivity index (χ1) is 10.4. The second-order valence-electron chi connectivity index (χ2n) is 6.71. The average Bonchev–Trinajstić information content (AvgIpc) is 2.53. The summed E-state index contributed by atoms with van der Waals surface area (Å²) < 4.78 is 13.2. The number of nitrogens with two attached hydrogens (primary N) is 1. The van der Waals surface area contributed by atoms with Crippen LogP contribution < -0.4 is 11.1 Å². The molecule has 2 unspecified atom stereocenters. The van der Waals surface area contributed by atoms with E-state index < -0.39 is 0 Å². The third kappa shape index (κ3) is 3.86. The molecule has 3 N–H and O–H groups in total. The molecule has 0 saturated heterocycles. The van der Waals surface area contributed by atoms with Crippen molar-refractivity contribution in [2.75, 3.05) is 6.54 Å². The lowest BCUT2D eigenvalue weighted by Gasteiger charge is -2.38. The molecule has 1 fully saturated rings. The van der Waals surface area contributed by atoms with Gasteiger partial charge in [0.2, 0.25) is 5.91 Å². The van der Waals surface area contributed by atoms with Crippen molar-refractivity contribution in [1.29, 1.82) is 0 Å². The minimum Gasteiger partial charge on any atom is -0.355 e. The molecule has 1 saturated carbocycles. The molecule has 0 heterocycles. The molecular weight excluding hydrogens is 279 g/mol. The highest BCUT2D eigenvalue weighted by atomic mass is 19.1. The molecule has 2 rings (SSSR count). The van der Waals surface area contributed by atoms with Gasteiger partial charge in [0.15, 0.2) is 0 Å². The lowest BCUT2D eigenvalue weighted by Crippen LogP contribution is -2.46. The van der Waals surface area contributed by atoms with Gasteiger partial charge in [-0.1, -0.05) is 38.3 Å². The van der Waals surface area contributed by atoms with Crippen molar-refractivity contribution in [3.63, 3.8) is 0 Å². The zero-order valence-corrected chi connectivity index (χ0v) is 13.6. The molecule has 4 heteroatoms. The molecule has 0 aliphatic heterocycles. The van der Waals surface area contributed by atoms with E-state index in [1.54, 1.807) is 0 Å². The number of benzene rings is 1. The molecule has 22 heavy (non-hydrogen) atoms. The number of rotatable bonds is 5. The Morgan fingerprint density at radius 2 is 1.82 bits per heavy atom. The predicted octanol–water partition coefficient (Wildman–Crippen LogP) is 3.13. The molecule has 0 aromatic heterocycles. The Morgan fingerprint density at radius 1 is 1.23 bits per heavy atom. The Kier molecular flexibility index (Phi) is 5.57. The lowest BCUT2D eigenvalue weighted by molar-refractivity contribution is -0.125. The highest BCUT2D eigenvalue weighted by Crippen LogP contribution is 2.39. The topological polar surface area (TPSA) is 55.1 Å². The Hall–Kier alpha value is -1.42. The van der Waals surface area contributed by atoms with Crippen LogP contribution >= 0.6 is 0 Å². The molecule has 122 valence electrons. The van der Waals surface area contributed by atoms with Crippen LogP contribution in [0.4, 0.5) is 4.39 Å². The Morgan fingerprint density at radius 3 is 2.36 bits per heavy atom. The van der Waals surface area contributed by atoms with E-state index in [0.717, 1.165) is 31.2 Å². The fourth-order valence-corrected chi connectivity index (χ4v) is 3.26. The first-order valence-corrected chi connectivity index (χ1v) is 8.24. The normalized spacial score (nSPS) is 20.2. The largest absolute Gasteiger partial charge is 0.355 e. The Balaban J connectivity index is 2.12. The minimum absolute atomic E-state index is 0.00191. The SMILES string of the molecule is CC(N)C(C)C(=O)NCC1(c2ccc(F)cc2)CCCCC1. The molecule has 1 aliphatic carbocycles. The van der Waals surface area contributed by atoms with Crippen LogP contribution in [0, 0.1) is 11.7 Å². The number of carbonyl (C=O) groups excluding carboxylic acids is 1. The van der Waals surface area contributed by atoms with E-state index in [4.69, 9.17) is 5.73 Å². The van der Waals surface area contributed by atoms with Gasteiger partial charge in [0, 0.05) is 23.9 Å². The van der Waals surface area contributed by atoms with Crippen LogP contribution in [-0.4, -0.2) is 18.5 Å². The molecule has 1 aliphatic rings. The van der Waals surface area contributed by atoms with Crippen molar-refractivity contribution in [1.82, 2.24) is 5.32 Å². The summed E-state index contributed by atoms with van der Waals surface area (Å²) in [6, 6.07) is 6.59. The molecule has 0 radical (unpaired) electrons. The molecule has 1 amide bonds. The van der Waals surface area contributed by atoms with Gasteiger partial charge in [0.05, 0.1) is 0 Å². The summed E-state index contributed by atoms with van der Waals surface area (Å²) in [4.78, 5) is 12.2. The maximum Gasteiger partial charge on any atom is 0.224 e. The second-order valence-corrected chi connectivity index (χ2v) is 6.71. The van der Waals surface area contributed by atoms with Gasteiger partial charge in [-0.05, 0) is 37.5 Å². The molecule has 1 aromatic rings. The highest BCUT2D eigenvalue weighted by molar-refractivity contribution is 5.79. The van der Waals surface area contributed by atoms with Gasteiger partial charge >= 0.3 is 0 Å². The summed E-state index contributed by atoms with van der Waals surface area (Å²) in [5, 5.41) is 3.07. The quantitative estimate of drug-likeness (QED) is 0.878. The van der Waals surface area contributed by atoms with Crippen molar-refractivity contribution in [2.45, 2.75) is 57.4 Å². The van der Waals surface area contributed by atoms with E-state index in [9.17, 15) is 9.18 Å². The third-order valence-corrected chi connectivity index (χ3v) is 5.07. The summed E-state index contributed by atoms with van der Waals surface area (Å²) in [5.41, 5.74) is 6.86. The summed E-state index contributed by atoms with van der Waals surface area (Å²) in [7, 11) is 0. The van der Waals surface area contributed by atoms with Gasteiger partial charge in [0.1, 0.15) is 5.82 Å². The highest BCUT2D eigenvalue weighted by Gasteiger charge is 2.34. The first-order valence-electron chi connectivity index (χ1n) is 8.24. The minimum atomic E-state index is -0.218. The Labute approximate surface area is 132 Å². The van der Waals surface area contributed by atoms with Gasteiger partial charge in [0.25, 0.3) is 0 Å². The average molecular weight is 306 g/mol. The first kappa shape index (κ1) is 16.9. The van der Waals surface area contributed by atoms with Crippen molar-refractivity contribution in [3.05, 3.63) is 35.6 Å². The number of hydrogen-bond acceptors (Lipinski definition) is 2. The number of hydrogen-bond donors (Lipinski definition) is 2.